The highest BCUT2D eigenvalue weighted by molar-refractivity contribution is 5.80. The minimum atomic E-state index is 0.0738. The van der Waals surface area contributed by atoms with Gasteiger partial charge in [0, 0.05) is 19.1 Å². The van der Waals surface area contributed by atoms with Crippen molar-refractivity contribution in [2.45, 2.75) is 52.5 Å². The monoisotopic (exact) mass is 252 g/mol. The maximum absolute atomic E-state index is 12.6. The molecule has 18 heavy (non-hydrogen) atoms. The van der Waals surface area contributed by atoms with E-state index in [1.165, 1.54) is 12.8 Å². The first kappa shape index (κ1) is 13.9. The average molecular weight is 252 g/mol. The molecule has 0 bridgehead atoms. The third kappa shape index (κ3) is 2.71. The molecule has 3 nitrogen and oxygen atoms in total. The molecular weight excluding hydrogens is 224 g/mol. The van der Waals surface area contributed by atoms with Gasteiger partial charge in [-0.15, -0.1) is 0 Å². The zero-order chi connectivity index (χ0) is 13.3. The van der Waals surface area contributed by atoms with Crippen LogP contribution < -0.4 is 5.73 Å². The van der Waals surface area contributed by atoms with Gasteiger partial charge in [-0.05, 0) is 37.0 Å². The van der Waals surface area contributed by atoms with E-state index in [0.717, 1.165) is 25.9 Å². The van der Waals surface area contributed by atoms with Gasteiger partial charge in [-0.2, -0.15) is 0 Å². The van der Waals surface area contributed by atoms with E-state index in [2.05, 4.69) is 25.7 Å². The standard InChI is InChI=1S/C15H28N2O/c1-10(2)12-7-8-17(9-12)15(18)14-11(3)5-4-6-13(14)16/h10-14H,4-9,16H2,1-3H3. The highest BCUT2D eigenvalue weighted by atomic mass is 16.2. The van der Waals surface area contributed by atoms with Crippen LogP contribution in [0.2, 0.25) is 0 Å². The molecule has 1 heterocycles. The normalized spacial score (nSPS) is 37.3. The summed E-state index contributed by atoms with van der Waals surface area (Å²) in [5.74, 6) is 2.23. The summed E-state index contributed by atoms with van der Waals surface area (Å²) >= 11 is 0. The molecule has 0 spiro atoms. The Hall–Kier alpha value is -0.570. The fraction of sp³-hybridized carbons (Fsp3) is 0.933. The molecule has 2 fully saturated rings. The van der Waals surface area contributed by atoms with Crippen LogP contribution in [0.5, 0.6) is 0 Å². The second kappa shape index (κ2) is 5.60. The maximum atomic E-state index is 12.6. The molecule has 104 valence electrons. The van der Waals surface area contributed by atoms with Crippen molar-refractivity contribution in [2.24, 2.45) is 29.4 Å². The van der Waals surface area contributed by atoms with Gasteiger partial charge < -0.3 is 10.6 Å². The van der Waals surface area contributed by atoms with Crippen molar-refractivity contribution in [3.8, 4) is 0 Å². The van der Waals surface area contributed by atoms with E-state index in [-0.39, 0.29) is 12.0 Å². The molecule has 4 unspecified atom stereocenters. The van der Waals surface area contributed by atoms with Gasteiger partial charge in [0.15, 0.2) is 0 Å². The number of amides is 1. The lowest BCUT2D eigenvalue weighted by atomic mass is 9.76. The summed E-state index contributed by atoms with van der Waals surface area (Å²) in [5.41, 5.74) is 6.18. The Morgan fingerprint density at radius 1 is 1.28 bits per heavy atom. The topological polar surface area (TPSA) is 46.3 Å². The number of carbonyl (C=O) groups is 1. The molecule has 1 saturated carbocycles. The van der Waals surface area contributed by atoms with Gasteiger partial charge in [0.25, 0.3) is 0 Å². The quantitative estimate of drug-likeness (QED) is 0.819. The molecule has 0 aromatic rings. The lowest BCUT2D eigenvalue weighted by molar-refractivity contribution is -0.138. The Balaban J connectivity index is 1.98. The molecule has 4 atom stereocenters. The molecule has 2 N–H and O–H groups in total. The van der Waals surface area contributed by atoms with Gasteiger partial charge in [-0.1, -0.05) is 27.2 Å². The van der Waals surface area contributed by atoms with Crippen LogP contribution in [0.25, 0.3) is 0 Å². The molecule has 0 aromatic heterocycles. The number of rotatable bonds is 2. The van der Waals surface area contributed by atoms with Crippen LogP contribution in [-0.4, -0.2) is 29.9 Å². The Kier molecular flexibility index (Phi) is 4.31. The van der Waals surface area contributed by atoms with E-state index in [9.17, 15) is 4.79 Å². The number of carbonyl (C=O) groups excluding carboxylic acids is 1. The molecule has 1 amide bonds. The molecule has 2 aliphatic rings. The van der Waals surface area contributed by atoms with Gasteiger partial charge in [-0.25, -0.2) is 0 Å². The van der Waals surface area contributed by atoms with Crippen molar-refractivity contribution < 1.29 is 4.79 Å². The third-order valence-electron chi connectivity index (χ3n) is 5.04. The second-order valence-electron chi connectivity index (χ2n) is 6.67. The van der Waals surface area contributed by atoms with Crippen LogP contribution >= 0.6 is 0 Å². The summed E-state index contributed by atoms with van der Waals surface area (Å²) in [6.45, 7) is 8.60. The highest BCUT2D eigenvalue weighted by Gasteiger charge is 2.38. The van der Waals surface area contributed by atoms with Crippen molar-refractivity contribution in [1.29, 1.82) is 0 Å². The SMILES string of the molecule is CC(C)C1CCN(C(=O)C2C(C)CCCC2N)C1. The van der Waals surface area contributed by atoms with Crippen molar-refractivity contribution in [1.82, 2.24) is 4.90 Å². The van der Waals surface area contributed by atoms with Gasteiger partial charge in [-0.3, -0.25) is 4.79 Å². The zero-order valence-corrected chi connectivity index (χ0v) is 12.1. The summed E-state index contributed by atoms with van der Waals surface area (Å²) in [6, 6.07) is 0.0827. The van der Waals surface area contributed by atoms with Crippen molar-refractivity contribution in [3.63, 3.8) is 0 Å². The van der Waals surface area contributed by atoms with Crippen molar-refractivity contribution in [3.05, 3.63) is 0 Å². The lowest BCUT2D eigenvalue weighted by Crippen LogP contribution is -2.48. The van der Waals surface area contributed by atoms with Crippen LogP contribution in [0.15, 0.2) is 0 Å². The predicted octanol–water partition coefficient (Wildman–Crippen LogP) is 2.25. The summed E-state index contributed by atoms with van der Waals surface area (Å²) in [6.07, 6.45) is 4.52. The average Bonchev–Trinajstić information content (AvgIpc) is 2.77. The summed E-state index contributed by atoms with van der Waals surface area (Å²) in [7, 11) is 0. The Morgan fingerprint density at radius 3 is 2.56 bits per heavy atom. The number of nitrogens with two attached hydrogens (primary N) is 1. The zero-order valence-electron chi connectivity index (χ0n) is 12.1. The van der Waals surface area contributed by atoms with E-state index >= 15 is 0 Å². The van der Waals surface area contributed by atoms with Crippen LogP contribution in [-0.2, 0) is 4.79 Å². The minimum absolute atomic E-state index is 0.0738. The molecule has 2 rings (SSSR count). The van der Waals surface area contributed by atoms with E-state index in [0.29, 0.717) is 23.7 Å². The second-order valence-corrected chi connectivity index (χ2v) is 6.67. The van der Waals surface area contributed by atoms with E-state index in [1.807, 2.05) is 0 Å². The van der Waals surface area contributed by atoms with Crippen molar-refractivity contribution >= 4 is 5.91 Å². The molecule has 3 heteroatoms. The Morgan fingerprint density at radius 2 is 2.00 bits per heavy atom. The molecule has 1 saturated heterocycles. The lowest BCUT2D eigenvalue weighted by Gasteiger charge is -2.35. The van der Waals surface area contributed by atoms with E-state index < -0.39 is 0 Å². The third-order valence-corrected chi connectivity index (χ3v) is 5.04. The van der Waals surface area contributed by atoms with E-state index in [4.69, 9.17) is 5.73 Å². The number of hydrogen-bond acceptors (Lipinski definition) is 2. The number of hydrogen-bond donors (Lipinski definition) is 1. The maximum Gasteiger partial charge on any atom is 0.227 e. The first-order valence-electron chi connectivity index (χ1n) is 7.55. The minimum Gasteiger partial charge on any atom is -0.342 e. The van der Waals surface area contributed by atoms with E-state index in [1.54, 1.807) is 0 Å². The predicted molar refractivity (Wildman–Crippen MR) is 74.0 cm³/mol. The summed E-state index contributed by atoms with van der Waals surface area (Å²) < 4.78 is 0. The van der Waals surface area contributed by atoms with Gasteiger partial charge in [0.05, 0.1) is 5.92 Å². The van der Waals surface area contributed by atoms with Crippen LogP contribution in [0.3, 0.4) is 0 Å². The van der Waals surface area contributed by atoms with Crippen LogP contribution in [0.4, 0.5) is 0 Å². The first-order chi connectivity index (χ1) is 8.50. The van der Waals surface area contributed by atoms with Crippen molar-refractivity contribution in [2.75, 3.05) is 13.1 Å². The number of likely N-dealkylation sites (tertiary alicyclic amines) is 1. The largest absolute Gasteiger partial charge is 0.342 e. The summed E-state index contributed by atoms with van der Waals surface area (Å²) in [5, 5.41) is 0. The fourth-order valence-electron chi connectivity index (χ4n) is 3.63. The molecule has 0 radical (unpaired) electrons. The Labute approximate surface area is 111 Å². The first-order valence-corrected chi connectivity index (χ1v) is 7.55. The Bertz CT molecular complexity index is 293. The molecule has 1 aliphatic heterocycles. The summed E-state index contributed by atoms with van der Waals surface area (Å²) in [4.78, 5) is 14.7. The van der Waals surface area contributed by atoms with Gasteiger partial charge in [0.1, 0.15) is 0 Å². The smallest absolute Gasteiger partial charge is 0.227 e. The molecular formula is C15H28N2O. The van der Waals surface area contributed by atoms with Crippen LogP contribution in [0.1, 0.15) is 46.5 Å². The van der Waals surface area contributed by atoms with Crippen LogP contribution in [0, 0.1) is 23.7 Å². The fourth-order valence-corrected chi connectivity index (χ4v) is 3.63. The highest BCUT2D eigenvalue weighted by Crippen LogP contribution is 2.32. The molecule has 0 aromatic carbocycles. The van der Waals surface area contributed by atoms with Gasteiger partial charge >= 0.3 is 0 Å². The van der Waals surface area contributed by atoms with Gasteiger partial charge in [0.2, 0.25) is 5.91 Å². The molecule has 1 aliphatic carbocycles. The number of nitrogens with zero attached hydrogens (tertiary/aromatic N) is 1.